The van der Waals surface area contributed by atoms with Gasteiger partial charge in [-0.1, -0.05) is 36.7 Å². The van der Waals surface area contributed by atoms with Gasteiger partial charge in [0.15, 0.2) is 0 Å². The summed E-state index contributed by atoms with van der Waals surface area (Å²) < 4.78 is 39.1. The van der Waals surface area contributed by atoms with E-state index in [1.807, 2.05) is 0 Å². The van der Waals surface area contributed by atoms with Gasteiger partial charge in [0.1, 0.15) is 0 Å². The fraction of sp³-hybridized carbons (Fsp3) is 0.320. The molecular formula is C25H24ClF3N2O4S. The number of rotatable bonds is 8. The molecule has 0 bridgehead atoms. The minimum atomic E-state index is -4.58. The van der Waals surface area contributed by atoms with Crippen LogP contribution in [0.5, 0.6) is 0 Å². The van der Waals surface area contributed by atoms with Gasteiger partial charge in [0, 0.05) is 10.6 Å². The minimum absolute atomic E-state index is 0.0156. The molecule has 1 aliphatic rings. The van der Waals surface area contributed by atoms with Crippen molar-refractivity contribution in [3.63, 3.8) is 0 Å². The van der Waals surface area contributed by atoms with Crippen LogP contribution in [0.3, 0.4) is 0 Å². The van der Waals surface area contributed by atoms with Crippen LogP contribution in [0.2, 0.25) is 5.02 Å². The van der Waals surface area contributed by atoms with Crippen LogP contribution >= 0.6 is 23.4 Å². The first-order chi connectivity index (χ1) is 17.0. The Morgan fingerprint density at radius 1 is 1.08 bits per heavy atom. The van der Waals surface area contributed by atoms with Crippen molar-refractivity contribution >= 4 is 52.5 Å². The van der Waals surface area contributed by atoms with Gasteiger partial charge in [0.05, 0.1) is 33.4 Å². The maximum absolute atomic E-state index is 13.0. The fourth-order valence-corrected chi connectivity index (χ4v) is 4.93. The fourth-order valence-electron chi connectivity index (χ4n) is 3.76. The van der Waals surface area contributed by atoms with Crippen molar-refractivity contribution in [1.29, 1.82) is 0 Å². The molecule has 0 aliphatic heterocycles. The van der Waals surface area contributed by atoms with E-state index >= 15 is 0 Å². The normalized spacial score (nSPS) is 18.4. The number of amides is 2. The summed E-state index contributed by atoms with van der Waals surface area (Å²) in [6, 6.07) is 9.44. The highest BCUT2D eigenvalue weighted by Gasteiger charge is 2.34. The number of hydrogen-bond acceptors (Lipinski definition) is 4. The zero-order chi connectivity index (χ0) is 26.5. The summed E-state index contributed by atoms with van der Waals surface area (Å²) in [6.45, 7) is 1.76. The van der Waals surface area contributed by atoms with Crippen LogP contribution in [0.1, 0.15) is 31.7 Å². The van der Waals surface area contributed by atoms with Gasteiger partial charge in [-0.05, 0) is 55.7 Å². The SMILES string of the molecule is CCC(Sc1cccc(NC(=O)C2CC=CCC2C(=O)O)c1)C(=O)Nc1cc(C(F)(F)F)ccc1Cl. The number of nitrogens with one attached hydrogen (secondary N) is 2. The molecule has 0 saturated heterocycles. The Bertz CT molecular complexity index is 1170. The molecule has 2 amide bonds. The van der Waals surface area contributed by atoms with Gasteiger partial charge in [-0.15, -0.1) is 11.8 Å². The number of allylic oxidation sites excluding steroid dienone is 2. The van der Waals surface area contributed by atoms with Gasteiger partial charge in [0.2, 0.25) is 11.8 Å². The molecule has 0 spiro atoms. The Kier molecular flexibility index (Phi) is 9.08. The van der Waals surface area contributed by atoms with Crippen LogP contribution in [-0.4, -0.2) is 28.1 Å². The summed E-state index contributed by atoms with van der Waals surface area (Å²) in [4.78, 5) is 37.7. The van der Waals surface area contributed by atoms with Crippen molar-refractivity contribution in [3.05, 3.63) is 65.2 Å². The molecule has 11 heteroatoms. The summed E-state index contributed by atoms with van der Waals surface area (Å²) in [5.74, 6) is -3.45. The van der Waals surface area contributed by atoms with E-state index in [1.54, 1.807) is 43.3 Å². The number of carboxylic acid groups (broad SMARTS) is 1. The first-order valence-electron chi connectivity index (χ1n) is 11.1. The molecule has 0 saturated carbocycles. The number of carboxylic acids is 1. The molecule has 0 radical (unpaired) electrons. The Labute approximate surface area is 215 Å². The number of thioether (sulfide) groups is 1. The third-order valence-electron chi connectivity index (χ3n) is 5.68. The van der Waals surface area contributed by atoms with E-state index < -0.39 is 46.6 Å². The molecule has 0 heterocycles. The molecule has 36 heavy (non-hydrogen) atoms. The van der Waals surface area contributed by atoms with E-state index in [0.29, 0.717) is 23.4 Å². The molecule has 0 fully saturated rings. The van der Waals surface area contributed by atoms with Crippen molar-refractivity contribution < 1.29 is 32.7 Å². The third-order valence-corrected chi connectivity index (χ3v) is 7.37. The van der Waals surface area contributed by atoms with Crippen molar-refractivity contribution in [2.24, 2.45) is 11.8 Å². The van der Waals surface area contributed by atoms with Crippen LogP contribution < -0.4 is 10.6 Å². The van der Waals surface area contributed by atoms with Gasteiger partial charge < -0.3 is 15.7 Å². The number of benzene rings is 2. The van der Waals surface area contributed by atoms with E-state index in [2.05, 4.69) is 10.6 Å². The lowest BCUT2D eigenvalue weighted by Crippen LogP contribution is -2.34. The number of halogens is 4. The largest absolute Gasteiger partial charge is 0.481 e. The van der Waals surface area contributed by atoms with Gasteiger partial charge in [-0.2, -0.15) is 13.2 Å². The van der Waals surface area contributed by atoms with Crippen LogP contribution in [0, 0.1) is 11.8 Å². The van der Waals surface area contributed by atoms with Crippen molar-refractivity contribution in [3.8, 4) is 0 Å². The van der Waals surface area contributed by atoms with Gasteiger partial charge in [-0.3, -0.25) is 14.4 Å². The van der Waals surface area contributed by atoms with Crippen LogP contribution in [0.25, 0.3) is 0 Å². The molecule has 192 valence electrons. The topological polar surface area (TPSA) is 95.5 Å². The monoisotopic (exact) mass is 540 g/mol. The summed E-state index contributed by atoms with van der Waals surface area (Å²) in [5.41, 5.74) is -0.615. The number of carbonyl (C=O) groups excluding carboxylic acids is 2. The number of alkyl halides is 3. The zero-order valence-corrected chi connectivity index (χ0v) is 20.7. The third kappa shape index (κ3) is 7.04. The smallest absolute Gasteiger partial charge is 0.416 e. The lowest BCUT2D eigenvalue weighted by molar-refractivity contribution is -0.146. The second kappa shape index (κ2) is 11.8. The molecule has 0 aromatic heterocycles. The molecular weight excluding hydrogens is 517 g/mol. The van der Waals surface area contributed by atoms with E-state index in [0.717, 1.165) is 18.2 Å². The molecule has 3 unspecified atom stereocenters. The number of aliphatic carboxylic acids is 1. The minimum Gasteiger partial charge on any atom is -0.481 e. The van der Waals surface area contributed by atoms with Crippen molar-refractivity contribution in [1.82, 2.24) is 0 Å². The number of hydrogen-bond donors (Lipinski definition) is 3. The number of anilines is 2. The summed E-state index contributed by atoms with van der Waals surface area (Å²) in [6.07, 6.45) is -0.0517. The Morgan fingerprint density at radius 2 is 1.78 bits per heavy atom. The first kappa shape index (κ1) is 27.6. The summed E-state index contributed by atoms with van der Waals surface area (Å²) in [5, 5.41) is 14.0. The summed E-state index contributed by atoms with van der Waals surface area (Å²) >= 11 is 7.17. The van der Waals surface area contributed by atoms with Crippen LogP contribution in [-0.2, 0) is 20.6 Å². The van der Waals surface area contributed by atoms with Gasteiger partial charge in [-0.25, -0.2) is 0 Å². The highest BCUT2D eigenvalue weighted by molar-refractivity contribution is 8.00. The van der Waals surface area contributed by atoms with Crippen molar-refractivity contribution in [2.45, 2.75) is 42.5 Å². The zero-order valence-electron chi connectivity index (χ0n) is 19.1. The van der Waals surface area contributed by atoms with E-state index in [-0.39, 0.29) is 17.1 Å². The maximum atomic E-state index is 13.0. The van der Waals surface area contributed by atoms with Crippen LogP contribution in [0.4, 0.5) is 24.5 Å². The maximum Gasteiger partial charge on any atom is 0.416 e. The molecule has 2 aromatic rings. The molecule has 2 aromatic carbocycles. The average Bonchev–Trinajstić information content (AvgIpc) is 2.83. The predicted molar refractivity (Wildman–Crippen MR) is 133 cm³/mol. The standard InChI is InChI=1S/C25H24ClF3N2O4S/c1-2-21(23(33)31-20-12-14(25(27,28)29)10-11-19(20)26)36-16-7-5-6-15(13-16)30-22(32)17-8-3-4-9-18(17)24(34)35/h3-7,10-13,17-18,21H,2,8-9H2,1H3,(H,30,32)(H,31,33)(H,34,35). The van der Waals surface area contributed by atoms with E-state index in [1.165, 1.54) is 11.8 Å². The lowest BCUT2D eigenvalue weighted by Gasteiger charge is -2.24. The molecule has 1 aliphatic carbocycles. The second-order valence-electron chi connectivity index (χ2n) is 8.21. The Hall–Kier alpha value is -2.98. The van der Waals surface area contributed by atoms with E-state index in [9.17, 15) is 32.7 Å². The summed E-state index contributed by atoms with van der Waals surface area (Å²) in [7, 11) is 0. The molecule has 3 N–H and O–H groups in total. The van der Waals surface area contributed by atoms with Gasteiger partial charge >= 0.3 is 12.1 Å². The molecule has 6 nitrogen and oxygen atoms in total. The van der Waals surface area contributed by atoms with Crippen molar-refractivity contribution in [2.75, 3.05) is 10.6 Å². The average molecular weight is 541 g/mol. The Balaban J connectivity index is 1.69. The number of carbonyl (C=O) groups is 3. The van der Waals surface area contributed by atoms with Gasteiger partial charge in [0.25, 0.3) is 0 Å². The molecule has 3 atom stereocenters. The molecule has 3 rings (SSSR count). The second-order valence-corrected chi connectivity index (χ2v) is 9.89. The predicted octanol–water partition coefficient (Wildman–Crippen LogP) is 6.47. The Morgan fingerprint density at radius 3 is 2.42 bits per heavy atom. The van der Waals surface area contributed by atoms with Crippen LogP contribution in [0.15, 0.2) is 59.5 Å². The quantitative estimate of drug-likeness (QED) is 0.263. The lowest BCUT2D eigenvalue weighted by atomic mass is 9.82. The highest BCUT2D eigenvalue weighted by Crippen LogP contribution is 2.35. The first-order valence-corrected chi connectivity index (χ1v) is 12.4. The highest BCUT2D eigenvalue weighted by atomic mass is 35.5. The van der Waals surface area contributed by atoms with E-state index in [4.69, 9.17) is 11.6 Å².